The summed E-state index contributed by atoms with van der Waals surface area (Å²) in [5, 5.41) is 1.38. The quantitative estimate of drug-likeness (QED) is 0.338. The van der Waals surface area contributed by atoms with E-state index in [9.17, 15) is 4.79 Å². The lowest BCUT2D eigenvalue weighted by Gasteiger charge is -2.16. The molecule has 0 bridgehead atoms. The standard InChI is InChI=1S/C26H22Cl2N2O2S/c1-4-32-24-21(27)13-18(14-22(24)28)15-23-25(31)30(20-11-7-17(3)8-12-20)26(33-23)29-19-9-5-16(2)6-10-19/h5-15H,4H2,1-3H3/b23-15-,29-26?. The van der Waals surface area contributed by atoms with Gasteiger partial charge in [0.2, 0.25) is 0 Å². The maximum Gasteiger partial charge on any atom is 0.271 e. The molecule has 1 saturated heterocycles. The van der Waals surface area contributed by atoms with E-state index in [2.05, 4.69) is 0 Å². The van der Waals surface area contributed by atoms with Crippen LogP contribution in [0.1, 0.15) is 23.6 Å². The van der Waals surface area contributed by atoms with Crippen LogP contribution in [0.25, 0.3) is 6.08 Å². The number of aryl methyl sites for hydroxylation is 2. The van der Waals surface area contributed by atoms with Gasteiger partial charge in [-0.25, -0.2) is 4.99 Å². The van der Waals surface area contributed by atoms with Gasteiger partial charge in [-0.2, -0.15) is 0 Å². The van der Waals surface area contributed by atoms with Crippen molar-refractivity contribution in [2.24, 2.45) is 4.99 Å². The summed E-state index contributed by atoms with van der Waals surface area (Å²) in [6.07, 6.45) is 1.78. The van der Waals surface area contributed by atoms with Gasteiger partial charge >= 0.3 is 0 Å². The maximum atomic E-state index is 13.5. The van der Waals surface area contributed by atoms with E-state index < -0.39 is 0 Å². The molecule has 1 aliphatic rings. The van der Waals surface area contributed by atoms with E-state index in [4.69, 9.17) is 32.9 Å². The fraction of sp³-hybridized carbons (Fsp3) is 0.154. The number of anilines is 1. The first-order chi connectivity index (χ1) is 15.9. The zero-order valence-electron chi connectivity index (χ0n) is 18.4. The zero-order valence-corrected chi connectivity index (χ0v) is 20.8. The lowest BCUT2D eigenvalue weighted by molar-refractivity contribution is -0.113. The van der Waals surface area contributed by atoms with Crippen molar-refractivity contribution in [2.75, 3.05) is 11.5 Å². The Bertz CT molecular complexity index is 1230. The van der Waals surface area contributed by atoms with Gasteiger partial charge in [-0.05, 0) is 80.6 Å². The lowest BCUT2D eigenvalue weighted by Crippen LogP contribution is -2.28. The third-order valence-corrected chi connectivity index (χ3v) is 6.49. The second-order valence-corrected chi connectivity index (χ2v) is 9.39. The summed E-state index contributed by atoms with van der Waals surface area (Å²) in [5.74, 6) is 0.284. The minimum Gasteiger partial charge on any atom is -0.491 e. The largest absolute Gasteiger partial charge is 0.491 e. The number of hydrogen-bond acceptors (Lipinski definition) is 4. The van der Waals surface area contributed by atoms with Gasteiger partial charge in [-0.3, -0.25) is 9.69 Å². The first kappa shape index (κ1) is 23.4. The monoisotopic (exact) mass is 496 g/mol. The molecule has 33 heavy (non-hydrogen) atoms. The number of nitrogens with zero attached hydrogens (tertiary/aromatic N) is 2. The number of rotatable bonds is 5. The molecule has 3 aromatic carbocycles. The number of amidine groups is 1. The Kier molecular flexibility index (Phi) is 7.13. The zero-order chi connectivity index (χ0) is 23.5. The normalized spacial score (nSPS) is 16.2. The topological polar surface area (TPSA) is 41.9 Å². The molecule has 168 valence electrons. The number of benzene rings is 3. The summed E-state index contributed by atoms with van der Waals surface area (Å²) in [7, 11) is 0. The molecule has 0 N–H and O–H groups in total. The van der Waals surface area contributed by atoms with E-state index >= 15 is 0 Å². The van der Waals surface area contributed by atoms with E-state index in [1.165, 1.54) is 11.8 Å². The molecule has 1 heterocycles. The lowest BCUT2D eigenvalue weighted by atomic mass is 10.2. The number of thioether (sulfide) groups is 1. The van der Waals surface area contributed by atoms with Crippen molar-refractivity contribution in [2.45, 2.75) is 20.8 Å². The van der Waals surface area contributed by atoms with Crippen LogP contribution < -0.4 is 9.64 Å². The first-order valence-corrected chi connectivity index (χ1v) is 12.0. The van der Waals surface area contributed by atoms with Crippen LogP contribution in [-0.4, -0.2) is 17.7 Å². The molecule has 0 spiro atoms. The summed E-state index contributed by atoms with van der Waals surface area (Å²) in [4.78, 5) is 20.4. The molecule has 7 heteroatoms. The predicted molar refractivity (Wildman–Crippen MR) is 140 cm³/mol. The number of carbonyl (C=O) groups is 1. The number of ether oxygens (including phenoxy) is 1. The molecule has 0 aliphatic carbocycles. The average Bonchev–Trinajstić information content (AvgIpc) is 3.07. The van der Waals surface area contributed by atoms with Crippen LogP contribution in [0.5, 0.6) is 5.75 Å². The summed E-state index contributed by atoms with van der Waals surface area (Å²) in [6, 6.07) is 19.2. The summed E-state index contributed by atoms with van der Waals surface area (Å²) in [6.45, 7) is 6.36. The van der Waals surface area contributed by atoms with Crippen LogP contribution in [-0.2, 0) is 4.79 Å². The van der Waals surface area contributed by atoms with Gasteiger partial charge in [0.1, 0.15) is 0 Å². The summed E-state index contributed by atoms with van der Waals surface area (Å²) in [5.41, 5.74) is 4.51. The van der Waals surface area contributed by atoms with Gasteiger partial charge in [0, 0.05) is 0 Å². The minimum absolute atomic E-state index is 0.157. The van der Waals surface area contributed by atoms with Crippen molar-refractivity contribution in [1.29, 1.82) is 0 Å². The van der Waals surface area contributed by atoms with Crippen LogP contribution in [0.4, 0.5) is 11.4 Å². The third-order valence-electron chi connectivity index (χ3n) is 4.96. The molecule has 0 unspecified atom stereocenters. The third kappa shape index (κ3) is 5.27. The first-order valence-electron chi connectivity index (χ1n) is 10.4. The van der Waals surface area contributed by atoms with E-state index in [-0.39, 0.29) is 5.91 Å². The van der Waals surface area contributed by atoms with Crippen molar-refractivity contribution < 1.29 is 9.53 Å². The van der Waals surface area contributed by atoms with Gasteiger partial charge in [0.25, 0.3) is 5.91 Å². The molecule has 0 radical (unpaired) electrons. The highest BCUT2D eigenvalue weighted by molar-refractivity contribution is 8.19. The van der Waals surface area contributed by atoms with Crippen molar-refractivity contribution in [3.63, 3.8) is 0 Å². The number of aliphatic imine (C=N–C) groups is 1. The Labute approximate surface area is 207 Å². The smallest absolute Gasteiger partial charge is 0.271 e. The van der Waals surface area contributed by atoms with E-state index in [0.29, 0.717) is 38.0 Å². The second-order valence-electron chi connectivity index (χ2n) is 7.56. The number of amides is 1. The Balaban J connectivity index is 1.75. The van der Waals surface area contributed by atoms with Gasteiger partial charge in [0.05, 0.1) is 32.9 Å². The predicted octanol–water partition coefficient (Wildman–Crippen LogP) is 7.82. The molecule has 0 saturated carbocycles. The van der Waals surface area contributed by atoms with E-state index in [1.54, 1.807) is 23.1 Å². The fourth-order valence-electron chi connectivity index (χ4n) is 3.30. The van der Waals surface area contributed by atoms with Crippen molar-refractivity contribution in [3.8, 4) is 5.75 Å². The fourth-order valence-corrected chi connectivity index (χ4v) is 4.91. The maximum absolute atomic E-state index is 13.5. The van der Waals surface area contributed by atoms with Gasteiger partial charge in [-0.1, -0.05) is 58.6 Å². The Morgan fingerprint density at radius 3 is 2.12 bits per heavy atom. The van der Waals surface area contributed by atoms with Crippen LogP contribution >= 0.6 is 35.0 Å². The average molecular weight is 497 g/mol. The minimum atomic E-state index is -0.157. The molecule has 4 nitrogen and oxygen atoms in total. The van der Waals surface area contributed by atoms with Crippen molar-refractivity contribution in [3.05, 3.63) is 92.3 Å². The van der Waals surface area contributed by atoms with Crippen LogP contribution in [0.15, 0.2) is 70.6 Å². The number of carbonyl (C=O) groups excluding carboxylic acids is 1. The van der Waals surface area contributed by atoms with Gasteiger partial charge in [0.15, 0.2) is 10.9 Å². The summed E-state index contributed by atoms with van der Waals surface area (Å²) < 4.78 is 5.51. The van der Waals surface area contributed by atoms with E-state index in [0.717, 1.165) is 22.5 Å². The van der Waals surface area contributed by atoms with Crippen molar-refractivity contribution >= 4 is 63.5 Å². The van der Waals surface area contributed by atoms with E-state index in [1.807, 2.05) is 69.3 Å². The highest BCUT2D eigenvalue weighted by Gasteiger charge is 2.34. The molecule has 1 aliphatic heterocycles. The molecule has 4 rings (SSSR count). The SMILES string of the molecule is CCOc1c(Cl)cc(/C=C2\SC(=Nc3ccc(C)cc3)N(c3ccc(C)cc3)C2=O)cc1Cl. The van der Waals surface area contributed by atoms with Gasteiger partial charge in [-0.15, -0.1) is 0 Å². The molecular weight excluding hydrogens is 475 g/mol. The van der Waals surface area contributed by atoms with Crippen LogP contribution in [0.3, 0.4) is 0 Å². The van der Waals surface area contributed by atoms with Crippen LogP contribution in [0.2, 0.25) is 10.0 Å². The second kappa shape index (κ2) is 10.0. The Morgan fingerprint density at radius 2 is 1.55 bits per heavy atom. The van der Waals surface area contributed by atoms with Crippen molar-refractivity contribution in [1.82, 2.24) is 0 Å². The molecule has 1 fully saturated rings. The molecular formula is C26H22Cl2N2O2S. The molecule has 1 amide bonds. The molecule has 0 atom stereocenters. The highest BCUT2D eigenvalue weighted by Crippen LogP contribution is 2.39. The highest BCUT2D eigenvalue weighted by atomic mass is 35.5. The van der Waals surface area contributed by atoms with Gasteiger partial charge < -0.3 is 4.74 Å². The Morgan fingerprint density at radius 1 is 0.970 bits per heavy atom. The summed E-state index contributed by atoms with van der Waals surface area (Å²) >= 11 is 14.0. The Hall–Kier alpha value is -2.73. The molecule has 0 aromatic heterocycles. The molecule has 3 aromatic rings. The number of hydrogen-bond donors (Lipinski definition) is 0. The number of halogens is 2. The van der Waals surface area contributed by atoms with Crippen LogP contribution in [0, 0.1) is 13.8 Å².